The molecule has 0 amide bonds. The molecule has 0 saturated carbocycles. The molecule has 0 fully saturated rings. The zero-order valence-corrected chi connectivity index (χ0v) is 15.7. The van der Waals surface area contributed by atoms with E-state index in [1.807, 2.05) is 44.2 Å². The first-order valence-electron chi connectivity index (χ1n) is 8.44. The Morgan fingerprint density at radius 2 is 1.88 bits per heavy atom. The summed E-state index contributed by atoms with van der Waals surface area (Å²) in [6.07, 6.45) is 0.453. The summed E-state index contributed by atoms with van der Waals surface area (Å²) in [5.74, 6) is -1.35. The van der Waals surface area contributed by atoms with Gasteiger partial charge in [0.15, 0.2) is 0 Å². The number of carboxylic acid groups (broad SMARTS) is 1. The summed E-state index contributed by atoms with van der Waals surface area (Å²) >= 11 is 0. The predicted octanol–water partition coefficient (Wildman–Crippen LogP) is 1.31. The summed E-state index contributed by atoms with van der Waals surface area (Å²) in [5, 5.41) is 9.21. The van der Waals surface area contributed by atoms with E-state index < -0.39 is 22.0 Å². The second-order valence-corrected chi connectivity index (χ2v) is 7.58. The molecule has 142 valence electrons. The lowest BCUT2D eigenvalue weighted by molar-refractivity contribution is -0.140. The molecule has 0 aliphatic heterocycles. The van der Waals surface area contributed by atoms with E-state index in [1.54, 1.807) is 0 Å². The summed E-state index contributed by atoms with van der Waals surface area (Å²) in [6.45, 7) is 6.41. The van der Waals surface area contributed by atoms with Gasteiger partial charge in [0, 0.05) is 0 Å². The van der Waals surface area contributed by atoms with Crippen molar-refractivity contribution in [2.75, 3.05) is 32.0 Å². The van der Waals surface area contributed by atoms with Crippen LogP contribution < -0.4 is 4.72 Å². The van der Waals surface area contributed by atoms with Gasteiger partial charge in [-0.1, -0.05) is 44.2 Å². The van der Waals surface area contributed by atoms with Crippen molar-refractivity contribution in [2.24, 2.45) is 0 Å². The Morgan fingerprint density at radius 1 is 1.24 bits per heavy atom. The van der Waals surface area contributed by atoms with Crippen LogP contribution >= 0.6 is 0 Å². The normalized spacial score (nSPS) is 13.1. The van der Waals surface area contributed by atoms with Crippen LogP contribution in [0.3, 0.4) is 0 Å². The molecule has 1 atom stereocenters. The topological polar surface area (TPSA) is 95.9 Å². The third-order valence-corrected chi connectivity index (χ3v) is 5.27. The fourth-order valence-electron chi connectivity index (χ4n) is 2.32. The van der Waals surface area contributed by atoms with Crippen LogP contribution in [0.15, 0.2) is 30.3 Å². The number of hydrogen-bond acceptors (Lipinski definition) is 5. The van der Waals surface area contributed by atoms with Crippen LogP contribution in [0, 0.1) is 0 Å². The highest BCUT2D eigenvalue weighted by Crippen LogP contribution is 2.02. The molecule has 0 saturated heterocycles. The number of nitrogens with zero attached hydrogens (tertiary/aromatic N) is 1. The standard InChI is InChI=1S/C17H28N2O5S/c1-3-19(4-2)11-8-12-25(22,23)18-16(17(20)21)14-24-13-15-9-6-5-7-10-15/h5-7,9-10,16,18H,3-4,8,11-14H2,1-2H3,(H,20,21). The Bertz CT molecular complexity index is 603. The Kier molecular flexibility index (Phi) is 9.66. The predicted molar refractivity (Wildman–Crippen MR) is 96.8 cm³/mol. The van der Waals surface area contributed by atoms with Crippen LogP contribution in [0.1, 0.15) is 25.8 Å². The number of hydrogen-bond donors (Lipinski definition) is 2. The molecule has 1 aromatic rings. The van der Waals surface area contributed by atoms with Crippen LogP contribution in [-0.4, -0.2) is 62.4 Å². The average Bonchev–Trinajstić information content (AvgIpc) is 2.58. The first-order valence-corrected chi connectivity index (χ1v) is 10.1. The minimum absolute atomic E-state index is 0.105. The van der Waals surface area contributed by atoms with Gasteiger partial charge in [-0.3, -0.25) is 4.79 Å². The van der Waals surface area contributed by atoms with Crippen molar-refractivity contribution in [3.05, 3.63) is 35.9 Å². The van der Waals surface area contributed by atoms with Crippen LogP contribution in [0.4, 0.5) is 0 Å². The molecule has 1 rings (SSSR count). The Balaban J connectivity index is 2.45. The molecule has 1 unspecified atom stereocenters. The maximum Gasteiger partial charge on any atom is 0.324 e. The molecule has 0 heterocycles. The number of benzene rings is 1. The van der Waals surface area contributed by atoms with E-state index in [-0.39, 0.29) is 19.0 Å². The second-order valence-electron chi connectivity index (χ2n) is 5.71. The highest BCUT2D eigenvalue weighted by atomic mass is 32.2. The molecule has 7 nitrogen and oxygen atoms in total. The van der Waals surface area contributed by atoms with Crippen molar-refractivity contribution in [3.63, 3.8) is 0 Å². The first-order chi connectivity index (χ1) is 11.9. The number of nitrogens with one attached hydrogen (secondary N) is 1. The van der Waals surface area contributed by atoms with Crippen molar-refractivity contribution in [1.29, 1.82) is 0 Å². The molecule has 2 N–H and O–H groups in total. The second kappa shape index (κ2) is 11.2. The Labute approximate surface area is 150 Å². The summed E-state index contributed by atoms with van der Waals surface area (Å²) in [5.41, 5.74) is 0.897. The van der Waals surface area contributed by atoms with Crippen LogP contribution in [0.25, 0.3) is 0 Å². The fourth-order valence-corrected chi connectivity index (χ4v) is 3.55. The largest absolute Gasteiger partial charge is 0.480 e. The van der Waals surface area contributed by atoms with Gasteiger partial charge in [-0.25, -0.2) is 8.42 Å². The van der Waals surface area contributed by atoms with Gasteiger partial charge in [-0.15, -0.1) is 0 Å². The van der Waals surface area contributed by atoms with E-state index in [4.69, 9.17) is 4.74 Å². The van der Waals surface area contributed by atoms with Crippen LogP contribution in [-0.2, 0) is 26.2 Å². The van der Waals surface area contributed by atoms with Gasteiger partial charge < -0.3 is 14.7 Å². The molecule has 0 aromatic heterocycles. The van der Waals surface area contributed by atoms with Gasteiger partial charge in [0.25, 0.3) is 0 Å². The molecule has 25 heavy (non-hydrogen) atoms. The highest BCUT2D eigenvalue weighted by Gasteiger charge is 2.24. The molecule has 0 bridgehead atoms. The van der Waals surface area contributed by atoms with Crippen LogP contribution in [0.2, 0.25) is 0 Å². The lowest BCUT2D eigenvalue weighted by Gasteiger charge is -2.18. The maximum atomic E-state index is 12.1. The Morgan fingerprint density at radius 3 is 2.44 bits per heavy atom. The van der Waals surface area contributed by atoms with E-state index in [2.05, 4.69) is 9.62 Å². The van der Waals surface area contributed by atoms with Crippen LogP contribution in [0.5, 0.6) is 0 Å². The molecule has 0 aliphatic carbocycles. The molecular formula is C17H28N2O5S. The fraction of sp³-hybridized carbons (Fsp3) is 0.588. The van der Waals surface area contributed by atoms with E-state index in [1.165, 1.54) is 0 Å². The first kappa shape index (κ1) is 21.6. The lowest BCUT2D eigenvalue weighted by atomic mass is 10.2. The molecular weight excluding hydrogens is 344 g/mol. The number of ether oxygens (including phenoxy) is 1. The van der Waals surface area contributed by atoms with E-state index in [0.29, 0.717) is 13.0 Å². The van der Waals surface area contributed by atoms with Gasteiger partial charge in [0.05, 0.1) is 19.0 Å². The third kappa shape index (κ3) is 8.97. The quantitative estimate of drug-likeness (QED) is 0.542. The van der Waals surface area contributed by atoms with Crippen molar-refractivity contribution >= 4 is 16.0 Å². The van der Waals surface area contributed by atoms with E-state index >= 15 is 0 Å². The minimum Gasteiger partial charge on any atom is -0.480 e. The van der Waals surface area contributed by atoms with Gasteiger partial charge >= 0.3 is 5.97 Å². The zero-order chi connectivity index (χ0) is 18.7. The number of aliphatic carboxylic acids is 1. The highest BCUT2D eigenvalue weighted by molar-refractivity contribution is 7.89. The van der Waals surface area contributed by atoms with Gasteiger partial charge in [-0.2, -0.15) is 4.72 Å². The molecule has 8 heteroatoms. The smallest absolute Gasteiger partial charge is 0.324 e. The molecule has 0 spiro atoms. The number of rotatable bonds is 13. The zero-order valence-electron chi connectivity index (χ0n) is 14.8. The van der Waals surface area contributed by atoms with Gasteiger partial charge in [0.2, 0.25) is 10.0 Å². The minimum atomic E-state index is -3.67. The SMILES string of the molecule is CCN(CC)CCCS(=O)(=O)NC(COCc1ccccc1)C(=O)O. The lowest BCUT2D eigenvalue weighted by Crippen LogP contribution is -2.45. The van der Waals surface area contributed by atoms with Gasteiger partial charge in [-0.05, 0) is 31.6 Å². The van der Waals surface area contributed by atoms with E-state index in [9.17, 15) is 18.3 Å². The average molecular weight is 372 g/mol. The summed E-state index contributed by atoms with van der Waals surface area (Å²) in [6, 6.07) is 8.00. The summed E-state index contributed by atoms with van der Waals surface area (Å²) in [7, 11) is -3.67. The number of carboxylic acids is 1. The van der Waals surface area contributed by atoms with Crippen molar-refractivity contribution in [3.8, 4) is 0 Å². The van der Waals surface area contributed by atoms with E-state index in [0.717, 1.165) is 18.7 Å². The van der Waals surface area contributed by atoms with Crippen molar-refractivity contribution in [1.82, 2.24) is 9.62 Å². The number of carbonyl (C=O) groups is 1. The maximum absolute atomic E-state index is 12.1. The summed E-state index contributed by atoms with van der Waals surface area (Å²) in [4.78, 5) is 13.4. The Hall–Kier alpha value is -1.48. The van der Waals surface area contributed by atoms with Gasteiger partial charge in [0.1, 0.15) is 6.04 Å². The summed E-state index contributed by atoms with van der Waals surface area (Å²) < 4.78 is 31.7. The monoisotopic (exact) mass is 372 g/mol. The molecule has 1 aromatic carbocycles. The molecule has 0 radical (unpaired) electrons. The number of sulfonamides is 1. The van der Waals surface area contributed by atoms with Crippen molar-refractivity contribution < 1.29 is 23.1 Å². The molecule has 0 aliphatic rings. The van der Waals surface area contributed by atoms with Crippen molar-refractivity contribution in [2.45, 2.75) is 32.9 Å². The third-order valence-electron chi connectivity index (χ3n) is 3.80.